The second kappa shape index (κ2) is 25.6. The van der Waals surface area contributed by atoms with Crippen molar-refractivity contribution in [3.63, 3.8) is 0 Å². The fraction of sp³-hybridized carbons (Fsp3) is 0.158. The Bertz CT molecular complexity index is 7050. The topological polar surface area (TPSA) is 19.7 Å². The van der Waals surface area contributed by atoms with Crippen LogP contribution in [0.2, 0.25) is 0 Å². The molecule has 4 aromatic heterocycles. The summed E-state index contributed by atoms with van der Waals surface area (Å²) in [6.45, 7) is 27.6. The molecule has 118 heavy (non-hydrogen) atoms. The summed E-state index contributed by atoms with van der Waals surface area (Å²) in [5.41, 5.74) is 35.3. The predicted molar refractivity (Wildman–Crippen MR) is 499 cm³/mol. The molecule has 2 aliphatic carbocycles. The molecule has 2 aliphatic rings. The normalized spacial score (nSPS) is 13.9. The van der Waals surface area contributed by atoms with Crippen LogP contribution < -0.4 is 0 Å². The number of benzene rings is 16. The third kappa shape index (κ3) is 10.5. The van der Waals surface area contributed by atoms with Gasteiger partial charge in [-0.3, -0.25) is 0 Å². The Kier molecular flexibility index (Phi) is 15.5. The first-order valence-corrected chi connectivity index (χ1v) is 42.1. The van der Waals surface area contributed by atoms with E-state index in [1.807, 2.05) is 0 Å². The summed E-state index contributed by atoms with van der Waals surface area (Å²) >= 11 is 0. The van der Waals surface area contributed by atoms with Gasteiger partial charge >= 0.3 is 0 Å². The van der Waals surface area contributed by atoms with Crippen LogP contribution >= 0.6 is 0 Å². The van der Waals surface area contributed by atoms with Crippen molar-refractivity contribution >= 4 is 87.2 Å². The van der Waals surface area contributed by atoms with Crippen molar-refractivity contribution in [1.29, 1.82) is 0 Å². The standard InChI is InChI=1S/C114H94N4/c1-109(2,3)73-41-55-83(56-42-73)115-101-35-23-17-29-89(101)91-67-77(47-61-103(91)115)113(97-31-19-13-25-85(97)86-26-14-20-32-98(86)113)79-49-63-107-95(69-79)96-70-80(114(99-33-21-15-27-87(99)88-28-16-22-34-100(88)114)78-48-62-104-92(68-78)90-30-18-24-36-102(90)116(104)84-57-43-74(44-58-84)110(4,5)6)50-64-108(96)118(107)82-53-39-72(40-54-82)71-37-51-81(52-38-71)117-105-59-45-75(111(7,8)9)65-93(105)94-66-76(112(10,11)12)46-60-106(94)117/h13-70H,1-12H3. The summed E-state index contributed by atoms with van der Waals surface area (Å²) in [6, 6.07) is 136. The summed E-state index contributed by atoms with van der Waals surface area (Å²) in [5, 5.41) is 9.87. The van der Waals surface area contributed by atoms with Crippen LogP contribution in [0.5, 0.6) is 0 Å². The van der Waals surface area contributed by atoms with Gasteiger partial charge in [0.05, 0.1) is 55.0 Å². The lowest BCUT2D eigenvalue weighted by molar-refractivity contribution is 0.590. The van der Waals surface area contributed by atoms with Crippen LogP contribution in [-0.2, 0) is 32.5 Å². The van der Waals surface area contributed by atoms with Crippen molar-refractivity contribution in [1.82, 2.24) is 18.3 Å². The Morgan fingerprint density at radius 3 is 0.669 bits per heavy atom. The maximum atomic E-state index is 2.60. The quantitative estimate of drug-likeness (QED) is 0.137. The average molecular weight is 1520 g/mol. The van der Waals surface area contributed by atoms with Crippen molar-refractivity contribution in [3.8, 4) is 56.1 Å². The molecule has 4 nitrogen and oxygen atoms in total. The molecule has 0 atom stereocenters. The largest absolute Gasteiger partial charge is 0.309 e. The van der Waals surface area contributed by atoms with Gasteiger partial charge in [-0.05, 0) is 255 Å². The third-order valence-corrected chi connectivity index (χ3v) is 26.8. The molecular weight excluding hydrogens is 1430 g/mol. The molecule has 0 N–H and O–H groups in total. The zero-order chi connectivity index (χ0) is 80.3. The van der Waals surface area contributed by atoms with Gasteiger partial charge < -0.3 is 18.3 Å². The van der Waals surface area contributed by atoms with Crippen molar-refractivity contribution in [3.05, 3.63) is 419 Å². The van der Waals surface area contributed by atoms with Crippen molar-refractivity contribution < 1.29 is 0 Å². The number of fused-ring (bicyclic) bond motifs is 18. The molecule has 0 aliphatic heterocycles. The molecule has 4 heteroatoms. The van der Waals surface area contributed by atoms with Gasteiger partial charge in [-0.1, -0.05) is 301 Å². The van der Waals surface area contributed by atoms with Gasteiger partial charge in [0, 0.05) is 65.8 Å². The molecule has 0 saturated carbocycles. The molecule has 4 heterocycles. The van der Waals surface area contributed by atoms with E-state index in [1.165, 1.54) is 165 Å². The van der Waals surface area contributed by atoms with Gasteiger partial charge in [0.15, 0.2) is 0 Å². The van der Waals surface area contributed by atoms with E-state index in [1.54, 1.807) is 0 Å². The minimum Gasteiger partial charge on any atom is -0.309 e. The Morgan fingerprint density at radius 2 is 0.390 bits per heavy atom. The number of hydrogen-bond donors (Lipinski definition) is 0. The molecule has 570 valence electrons. The highest BCUT2D eigenvalue weighted by atomic mass is 15.0. The van der Waals surface area contributed by atoms with E-state index in [4.69, 9.17) is 0 Å². The highest BCUT2D eigenvalue weighted by Crippen LogP contribution is 2.60. The molecular formula is C114H94N4. The van der Waals surface area contributed by atoms with E-state index in [-0.39, 0.29) is 21.7 Å². The molecule has 20 aromatic rings. The zero-order valence-electron chi connectivity index (χ0n) is 69.3. The van der Waals surface area contributed by atoms with Crippen LogP contribution in [0.25, 0.3) is 143 Å². The first-order chi connectivity index (χ1) is 57.0. The second-order valence-corrected chi connectivity index (χ2v) is 37.6. The number of nitrogens with zero attached hydrogens (tertiary/aromatic N) is 4. The Labute approximate surface area is 691 Å². The predicted octanol–water partition coefficient (Wildman–Crippen LogP) is 29.7. The van der Waals surface area contributed by atoms with E-state index < -0.39 is 10.8 Å². The highest BCUT2D eigenvalue weighted by molar-refractivity contribution is 6.14. The van der Waals surface area contributed by atoms with Crippen LogP contribution in [0.15, 0.2) is 352 Å². The third-order valence-electron chi connectivity index (χ3n) is 26.8. The van der Waals surface area contributed by atoms with Gasteiger partial charge in [-0.2, -0.15) is 0 Å². The second-order valence-electron chi connectivity index (χ2n) is 37.6. The van der Waals surface area contributed by atoms with Gasteiger partial charge in [-0.15, -0.1) is 0 Å². The van der Waals surface area contributed by atoms with Crippen LogP contribution in [0.4, 0.5) is 0 Å². The maximum Gasteiger partial charge on any atom is 0.0714 e. The van der Waals surface area contributed by atoms with E-state index in [0.29, 0.717) is 0 Å². The van der Waals surface area contributed by atoms with E-state index in [9.17, 15) is 0 Å². The molecule has 0 unspecified atom stereocenters. The summed E-state index contributed by atoms with van der Waals surface area (Å²) in [7, 11) is 0. The van der Waals surface area contributed by atoms with Crippen LogP contribution in [0, 0.1) is 0 Å². The molecule has 0 bridgehead atoms. The fourth-order valence-corrected chi connectivity index (χ4v) is 20.8. The van der Waals surface area contributed by atoms with E-state index >= 15 is 0 Å². The van der Waals surface area contributed by atoms with Gasteiger partial charge in [0.2, 0.25) is 0 Å². The van der Waals surface area contributed by atoms with Crippen molar-refractivity contribution in [2.45, 2.75) is 116 Å². The molecule has 0 radical (unpaired) electrons. The first kappa shape index (κ1) is 71.3. The minimum atomic E-state index is -0.739. The smallest absolute Gasteiger partial charge is 0.0714 e. The summed E-state index contributed by atoms with van der Waals surface area (Å²) < 4.78 is 9.95. The minimum absolute atomic E-state index is 0.0153. The highest BCUT2D eigenvalue weighted by Gasteiger charge is 2.49. The molecule has 16 aromatic carbocycles. The lowest BCUT2D eigenvalue weighted by Gasteiger charge is -2.34. The van der Waals surface area contributed by atoms with Crippen LogP contribution in [0.1, 0.15) is 150 Å². The number of para-hydroxylation sites is 2. The Morgan fingerprint density at radius 1 is 0.178 bits per heavy atom. The monoisotopic (exact) mass is 1520 g/mol. The fourth-order valence-electron chi connectivity index (χ4n) is 20.8. The lowest BCUT2D eigenvalue weighted by atomic mass is 9.67. The Hall–Kier alpha value is -13.3. The van der Waals surface area contributed by atoms with Crippen molar-refractivity contribution in [2.75, 3.05) is 0 Å². The molecule has 0 fully saturated rings. The van der Waals surface area contributed by atoms with Gasteiger partial charge in [-0.25, -0.2) is 0 Å². The molecule has 0 saturated heterocycles. The van der Waals surface area contributed by atoms with E-state index in [0.717, 1.165) is 44.9 Å². The van der Waals surface area contributed by atoms with Gasteiger partial charge in [0.25, 0.3) is 0 Å². The summed E-state index contributed by atoms with van der Waals surface area (Å²) in [4.78, 5) is 0. The summed E-state index contributed by atoms with van der Waals surface area (Å²) in [5.74, 6) is 0. The maximum absolute atomic E-state index is 2.60. The molecule has 0 amide bonds. The molecule has 22 rings (SSSR count). The van der Waals surface area contributed by atoms with Crippen LogP contribution in [-0.4, -0.2) is 18.3 Å². The van der Waals surface area contributed by atoms with Crippen LogP contribution in [0.3, 0.4) is 0 Å². The Balaban J connectivity index is 0.763. The SMILES string of the molecule is CC(C)(C)c1ccc(-n2c3ccccc3c3cc(C4(c5ccc6c(c5)c5cc(C7(c8ccc9c(c8)c8ccccc8n9-c8ccc(C(C)(C)C)cc8)c8ccccc8-c8ccccc87)ccc5n6-c5ccc(-c6ccc(-n7c8ccc(C(C)(C)C)cc8c8cc(C(C)(C)C)ccc87)cc6)cc5)c5ccccc5-c5ccccc54)ccc32)cc1. The number of hydrogen-bond acceptors (Lipinski definition) is 0. The summed E-state index contributed by atoms with van der Waals surface area (Å²) in [6.07, 6.45) is 0. The lowest BCUT2D eigenvalue weighted by Crippen LogP contribution is -2.28. The molecule has 0 spiro atoms. The number of aromatic nitrogens is 4. The first-order valence-electron chi connectivity index (χ1n) is 42.1. The van der Waals surface area contributed by atoms with Crippen molar-refractivity contribution in [2.24, 2.45) is 0 Å². The average Bonchev–Trinajstić information content (AvgIpc) is 1.53. The van der Waals surface area contributed by atoms with Gasteiger partial charge in [0.1, 0.15) is 0 Å². The number of rotatable bonds is 9. The van der Waals surface area contributed by atoms with E-state index in [2.05, 4.69) is 453 Å². The zero-order valence-corrected chi connectivity index (χ0v) is 69.3.